The smallest absolute Gasteiger partial charge is 0.253 e. The largest absolute Gasteiger partial charge is 0.494 e. The van der Waals surface area contributed by atoms with Crippen LogP contribution in [0.25, 0.3) is 10.2 Å². The number of hydrogen-bond donors (Lipinski definition) is 1. The van der Waals surface area contributed by atoms with Crippen molar-refractivity contribution < 1.29 is 9.53 Å². The van der Waals surface area contributed by atoms with Gasteiger partial charge in [0.15, 0.2) is 4.34 Å². The molecule has 1 amide bonds. The highest BCUT2D eigenvalue weighted by atomic mass is 32.2. The number of carbonyl (C=O) groups excluding carboxylic acids is 1. The van der Waals surface area contributed by atoms with Crippen molar-refractivity contribution in [1.29, 1.82) is 0 Å². The predicted octanol–water partition coefficient (Wildman–Crippen LogP) is 5.50. The summed E-state index contributed by atoms with van der Waals surface area (Å²) in [6, 6.07) is 15.6. The number of hydrogen-bond acceptors (Lipinski definition) is 6. The van der Waals surface area contributed by atoms with Gasteiger partial charge in [0.25, 0.3) is 5.91 Å². The molecule has 29 heavy (non-hydrogen) atoms. The predicted molar refractivity (Wildman–Crippen MR) is 122 cm³/mol. The Hall–Kier alpha value is -2.38. The molecule has 2 aromatic carbocycles. The third kappa shape index (κ3) is 6.58. The van der Waals surface area contributed by atoms with Crippen molar-refractivity contribution in [1.82, 2.24) is 10.4 Å². The summed E-state index contributed by atoms with van der Waals surface area (Å²) >= 11 is 3.04. The van der Waals surface area contributed by atoms with Crippen LogP contribution in [0, 0.1) is 0 Å². The first-order valence-electron chi connectivity index (χ1n) is 9.73. The third-order valence-corrected chi connectivity index (χ3v) is 6.44. The molecule has 1 N–H and O–H groups in total. The summed E-state index contributed by atoms with van der Waals surface area (Å²) < 4.78 is 7.70. The molecule has 1 atom stereocenters. The number of ether oxygens (including phenoxy) is 1. The normalized spacial score (nSPS) is 12.3. The van der Waals surface area contributed by atoms with E-state index in [1.807, 2.05) is 55.5 Å². The number of fused-ring (bicyclic) bond motifs is 1. The van der Waals surface area contributed by atoms with Gasteiger partial charge in [-0.3, -0.25) is 4.79 Å². The first kappa shape index (κ1) is 21.3. The van der Waals surface area contributed by atoms with Crippen LogP contribution in [0.5, 0.6) is 5.75 Å². The average Bonchev–Trinajstić information content (AvgIpc) is 3.14. The summed E-state index contributed by atoms with van der Waals surface area (Å²) in [5.74, 6) is 0.699. The fraction of sp³-hybridized carbons (Fsp3) is 0.318. The Labute approximate surface area is 179 Å². The molecule has 0 fully saturated rings. The van der Waals surface area contributed by atoms with Crippen LogP contribution in [-0.2, 0) is 4.79 Å². The molecule has 0 bridgehead atoms. The van der Waals surface area contributed by atoms with E-state index in [9.17, 15) is 4.79 Å². The van der Waals surface area contributed by atoms with Crippen molar-refractivity contribution in [2.45, 2.75) is 42.7 Å². The molecule has 0 aliphatic heterocycles. The van der Waals surface area contributed by atoms with Gasteiger partial charge >= 0.3 is 0 Å². The minimum Gasteiger partial charge on any atom is -0.494 e. The Morgan fingerprint density at radius 3 is 2.79 bits per heavy atom. The molecule has 1 heterocycles. The Morgan fingerprint density at radius 1 is 1.24 bits per heavy atom. The van der Waals surface area contributed by atoms with Crippen LogP contribution in [0.15, 0.2) is 58.0 Å². The molecule has 0 saturated heterocycles. The molecule has 0 aliphatic carbocycles. The number of carbonyl (C=O) groups is 1. The molecule has 152 valence electrons. The van der Waals surface area contributed by atoms with Crippen molar-refractivity contribution in [2.24, 2.45) is 5.10 Å². The first-order valence-corrected chi connectivity index (χ1v) is 11.4. The van der Waals surface area contributed by atoms with Crippen molar-refractivity contribution in [3.63, 3.8) is 0 Å². The van der Waals surface area contributed by atoms with E-state index in [4.69, 9.17) is 4.74 Å². The molecule has 0 spiro atoms. The molecule has 0 aliphatic rings. The average molecular weight is 428 g/mol. The summed E-state index contributed by atoms with van der Waals surface area (Å²) in [6.45, 7) is 4.76. The number of unbranched alkanes of at least 4 members (excludes halogenated alkanes) is 2. The van der Waals surface area contributed by atoms with E-state index < -0.39 is 0 Å². The monoisotopic (exact) mass is 427 g/mol. The van der Waals surface area contributed by atoms with Gasteiger partial charge in [-0.1, -0.05) is 43.7 Å². The summed E-state index contributed by atoms with van der Waals surface area (Å²) in [5, 5.41) is 3.78. The highest BCUT2D eigenvalue weighted by Crippen LogP contribution is 2.31. The summed E-state index contributed by atoms with van der Waals surface area (Å²) in [4.78, 5) is 16.8. The highest BCUT2D eigenvalue weighted by Gasteiger charge is 2.16. The van der Waals surface area contributed by atoms with Gasteiger partial charge in [0.05, 0.1) is 28.3 Å². The van der Waals surface area contributed by atoms with Crippen LogP contribution in [-0.4, -0.2) is 29.0 Å². The zero-order valence-electron chi connectivity index (χ0n) is 16.6. The van der Waals surface area contributed by atoms with E-state index in [-0.39, 0.29) is 11.2 Å². The minimum atomic E-state index is -0.286. The van der Waals surface area contributed by atoms with E-state index in [2.05, 4.69) is 22.4 Å². The second-order valence-corrected chi connectivity index (χ2v) is 9.19. The lowest BCUT2D eigenvalue weighted by Crippen LogP contribution is -2.26. The number of aromatic nitrogens is 1. The van der Waals surface area contributed by atoms with E-state index >= 15 is 0 Å². The maximum atomic E-state index is 12.3. The molecular formula is C22H25N3O2S2. The third-order valence-electron chi connectivity index (χ3n) is 4.21. The highest BCUT2D eigenvalue weighted by molar-refractivity contribution is 8.02. The molecule has 0 saturated carbocycles. The number of hydrazone groups is 1. The zero-order valence-corrected chi connectivity index (χ0v) is 18.3. The molecule has 0 radical (unpaired) electrons. The maximum Gasteiger partial charge on any atom is 0.253 e. The number of para-hydroxylation sites is 1. The second-order valence-electron chi connectivity index (χ2n) is 6.57. The van der Waals surface area contributed by atoms with Crippen molar-refractivity contribution in [3.05, 3.63) is 54.1 Å². The van der Waals surface area contributed by atoms with E-state index in [0.29, 0.717) is 0 Å². The zero-order chi connectivity index (χ0) is 20.5. The van der Waals surface area contributed by atoms with Crippen LogP contribution in [0.1, 0.15) is 38.7 Å². The molecule has 3 rings (SSSR count). The van der Waals surface area contributed by atoms with E-state index in [0.717, 1.165) is 38.9 Å². The topological polar surface area (TPSA) is 63.6 Å². The number of thioether (sulfide) groups is 1. The minimum absolute atomic E-state index is 0.151. The van der Waals surface area contributed by atoms with Gasteiger partial charge in [0.1, 0.15) is 5.75 Å². The molecule has 0 unspecified atom stereocenters. The lowest BCUT2D eigenvalue weighted by Gasteiger charge is -2.07. The van der Waals surface area contributed by atoms with Crippen LogP contribution in [0.4, 0.5) is 0 Å². The molecule has 5 nitrogen and oxygen atoms in total. The van der Waals surface area contributed by atoms with Crippen LogP contribution in [0.2, 0.25) is 0 Å². The van der Waals surface area contributed by atoms with Gasteiger partial charge in [-0.25, -0.2) is 10.4 Å². The number of thiazole rings is 1. The van der Waals surface area contributed by atoms with Gasteiger partial charge in [0.2, 0.25) is 0 Å². The Morgan fingerprint density at radius 2 is 2.03 bits per heavy atom. The fourth-order valence-electron chi connectivity index (χ4n) is 2.56. The summed E-state index contributed by atoms with van der Waals surface area (Å²) in [6.07, 6.45) is 5.06. The fourth-order valence-corrected chi connectivity index (χ4v) is 4.76. The van der Waals surface area contributed by atoms with Crippen LogP contribution in [0.3, 0.4) is 0 Å². The number of nitrogens with zero attached hydrogens (tertiary/aromatic N) is 2. The number of nitrogens with one attached hydrogen (secondary N) is 1. The Balaban J connectivity index is 1.45. The van der Waals surface area contributed by atoms with Crippen molar-refractivity contribution in [2.75, 3.05) is 6.61 Å². The molecule has 3 aromatic rings. The number of benzene rings is 2. The van der Waals surface area contributed by atoms with E-state index in [1.54, 1.807) is 17.6 Å². The van der Waals surface area contributed by atoms with Crippen molar-refractivity contribution in [3.8, 4) is 5.75 Å². The van der Waals surface area contributed by atoms with Gasteiger partial charge in [-0.05, 0) is 55.3 Å². The van der Waals surface area contributed by atoms with Gasteiger partial charge < -0.3 is 4.74 Å². The maximum absolute atomic E-state index is 12.3. The van der Waals surface area contributed by atoms with Crippen LogP contribution >= 0.6 is 23.1 Å². The van der Waals surface area contributed by atoms with Gasteiger partial charge in [-0.2, -0.15) is 5.10 Å². The Bertz CT molecular complexity index is 921. The van der Waals surface area contributed by atoms with Crippen LogP contribution < -0.4 is 10.2 Å². The van der Waals surface area contributed by atoms with Crippen molar-refractivity contribution >= 4 is 45.4 Å². The molecule has 7 heteroatoms. The standard InChI is InChI=1S/C22H25N3O2S2/c1-3-4-7-14-27-18-12-10-17(11-13-18)15-23-25-21(26)16(2)28-22-24-19-8-5-6-9-20(19)29-22/h5-6,8-13,15-16H,3-4,7,14H2,1-2H3,(H,25,26)/b23-15-/t16-/m1/s1. The van der Waals surface area contributed by atoms with E-state index in [1.165, 1.54) is 24.6 Å². The van der Waals surface area contributed by atoms with Gasteiger partial charge in [-0.15, -0.1) is 11.3 Å². The Kier molecular flexibility index (Phi) is 8.07. The number of rotatable bonds is 10. The number of amides is 1. The van der Waals surface area contributed by atoms with Gasteiger partial charge in [0, 0.05) is 0 Å². The SMILES string of the molecule is CCCCCOc1ccc(/C=N\NC(=O)[C@@H](C)Sc2nc3ccccc3s2)cc1. The second kappa shape index (κ2) is 11.0. The first-order chi connectivity index (χ1) is 14.2. The lowest BCUT2D eigenvalue weighted by molar-refractivity contribution is -0.120. The molecular weight excluding hydrogens is 402 g/mol. The summed E-state index contributed by atoms with van der Waals surface area (Å²) in [7, 11) is 0. The lowest BCUT2D eigenvalue weighted by atomic mass is 10.2. The summed E-state index contributed by atoms with van der Waals surface area (Å²) in [5.41, 5.74) is 4.47. The quantitative estimate of drug-likeness (QED) is 0.201. The molecule has 1 aromatic heterocycles.